The Balaban J connectivity index is 0.000000105. The SMILES string of the molecule is c1ccc(-c2ccc3c(c2)c2ccccc2c2nc(-c4cccc(-c5cccc6c5sc5ccccc56)c4)ccc32)cc1.c1ccc(-c2ccc3c4ccccc4c4ccc(-c5cccc(-c6cccc7c6sc6ccccc67)c5)nc4c3c2)cc1.c1ccc(-c2ccc3c4ccccc4c4nc(-c5cccc(-c6cccc7c6sc6ccccc67)c5)ccc4c3c2)cc1. The lowest BCUT2D eigenvalue weighted by molar-refractivity contribution is 1.41. The third-order valence-electron chi connectivity index (χ3n) is 26.0. The average molecular weight is 1690 g/mol. The van der Waals surface area contributed by atoms with Gasteiger partial charge in [-0.2, -0.15) is 0 Å². The van der Waals surface area contributed by atoms with Crippen LogP contribution in [0.1, 0.15) is 0 Å². The largest absolute Gasteiger partial charge is 0.247 e. The van der Waals surface area contributed by atoms with Crippen molar-refractivity contribution in [1.29, 1.82) is 0 Å². The molecule has 6 aromatic heterocycles. The van der Waals surface area contributed by atoms with Gasteiger partial charge in [0.1, 0.15) is 0 Å². The fraction of sp³-hybridized carbons (Fsp3) is 0. The van der Waals surface area contributed by atoms with Crippen molar-refractivity contribution in [2.75, 3.05) is 0 Å². The quantitative estimate of drug-likeness (QED) is 0.135. The highest BCUT2D eigenvalue weighted by Gasteiger charge is 2.21. The molecule has 0 bridgehead atoms. The fourth-order valence-electron chi connectivity index (χ4n) is 19.8. The van der Waals surface area contributed by atoms with E-state index in [9.17, 15) is 0 Å². The molecule has 0 saturated carbocycles. The smallest absolute Gasteiger partial charge is 0.0794 e. The van der Waals surface area contributed by atoms with E-state index >= 15 is 0 Å². The lowest BCUT2D eigenvalue weighted by Gasteiger charge is -2.13. The summed E-state index contributed by atoms with van der Waals surface area (Å²) < 4.78 is 7.97. The van der Waals surface area contributed by atoms with Gasteiger partial charge in [-0.25, -0.2) is 15.0 Å². The second kappa shape index (κ2) is 31.6. The summed E-state index contributed by atoms with van der Waals surface area (Å²) in [6.07, 6.45) is 0. The third kappa shape index (κ3) is 13.3. The first kappa shape index (κ1) is 75.6. The molecule has 0 aliphatic rings. The van der Waals surface area contributed by atoms with Crippen LogP contribution in [0.5, 0.6) is 0 Å². The molecule has 0 aliphatic heterocycles. The monoisotopic (exact) mass is 1690 g/mol. The molecule has 0 N–H and O–H groups in total. The van der Waals surface area contributed by atoms with Gasteiger partial charge >= 0.3 is 0 Å². The molecule has 6 heterocycles. The molecular weight excluding hydrogens is 1620 g/mol. The van der Waals surface area contributed by atoms with Crippen molar-refractivity contribution in [2.24, 2.45) is 0 Å². The van der Waals surface area contributed by atoms with E-state index in [4.69, 9.17) is 15.0 Å². The van der Waals surface area contributed by atoms with Crippen molar-refractivity contribution in [3.63, 3.8) is 0 Å². The number of hydrogen-bond donors (Lipinski definition) is 0. The molecule has 0 amide bonds. The molecule has 0 aliphatic carbocycles. The average Bonchev–Trinajstić information content (AvgIpc) is 1.69. The Kier molecular flexibility index (Phi) is 18.5. The number of thiophene rings is 3. The highest BCUT2D eigenvalue weighted by atomic mass is 32.1. The van der Waals surface area contributed by atoms with Crippen molar-refractivity contribution in [3.05, 3.63) is 455 Å². The Hall–Kier alpha value is -15.9. The second-order valence-electron chi connectivity index (χ2n) is 33.4. The van der Waals surface area contributed by atoms with Crippen molar-refractivity contribution in [3.8, 4) is 101 Å². The van der Waals surface area contributed by atoms with Crippen molar-refractivity contribution < 1.29 is 0 Å². The molecule has 0 radical (unpaired) electrons. The molecule has 129 heavy (non-hydrogen) atoms. The van der Waals surface area contributed by atoms with E-state index in [-0.39, 0.29) is 0 Å². The minimum absolute atomic E-state index is 0.986. The van der Waals surface area contributed by atoms with Crippen LogP contribution in [-0.2, 0) is 0 Å². The summed E-state index contributed by atoms with van der Waals surface area (Å²) in [6.45, 7) is 0. The van der Waals surface area contributed by atoms with Crippen LogP contribution in [0.25, 0.3) is 258 Å². The normalized spacial score (nSPS) is 11.7. The zero-order valence-corrected chi connectivity index (χ0v) is 72.3. The van der Waals surface area contributed by atoms with Crippen LogP contribution in [0.2, 0.25) is 0 Å². The predicted molar refractivity (Wildman–Crippen MR) is 558 cm³/mol. The predicted octanol–water partition coefficient (Wildman–Crippen LogP) is 35.7. The van der Waals surface area contributed by atoms with Gasteiger partial charge in [0.15, 0.2) is 0 Å². The third-order valence-corrected chi connectivity index (χ3v) is 29.6. The molecule has 0 saturated heterocycles. The van der Waals surface area contributed by atoms with E-state index in [1.165, 1.54) is 208 Å². The lowest BCUT2D eigenvalue weighted by Crippen LogP contribution is -1.90. The minimum atomic E-state index is 0.986. The van der Waals surface area contributed by atoms with Crippen molar-refractivity contribution >= 4 is 192 Å². The molecule has 0 atom stereocenters. The van der Waals surface area contributed by atoms with Gasteiger partial charge in [0, 0.05) is 110 Å². The summed E-state index contributed by atoms with van der Waals surface area (Å²) in [6, 6.07) is 164. The molecule has 6 heteroatoms. The fourth-order valence-corrected chi connectivity index (χ4v) is 23.5. The Bertz CT molecular complexity index is 9170. The summed E-state index contributed by atoms with van der Waals surface area (Å²) in [5.74, 6) is 0. The van der Waals surface area contributed by atoms with E-state index in [1.807, 2.05) is 34.0 Å². The van der Waals surface area contributed by atoms with Crippen LogP contribution >= 0.6 is 34.0 Å². The molecule has 600 valence electrons. The molecule has 0 fully saturated rings. The summed E-state index contributed by atoms with van der Waals surface area (Å²) in [5.41, 5.74) is 24.2. The van der Waals surface area contributed by atoms with Gasteiger partial charge in [0.05, 0.1) is 33.6 Å². The van der Waals surface area contributed by atoms with Crippen LogP contribution in [0.15, 0.2) is 455 Å². The van der Waals surface area contributed by atoms with Crippen molar-refractivity contribution in [1.82, 2.24) is 15.0 Å². The van der Waals surface area contributed by atoms with Gasteiger partial charge < -0.3 is 0 Å². The second-order valence-corrected chi connectivity index (χ2v) is 36.5. The molecule has 27 rings (SSSR count). The Morgan fingerprint density at radius 2 is 0.349 bits per heavy atom. The molecular formula is C123H75N3S3. The number of hydrogen-bond acceptors (Lipinski definition) is 6. The van der Waals surface area contributed by atoms with Crippen LogP contribution in [0, 0.1) is 0 Å². The summed E-state index contributed by atoms with van der Waals surface area (Å²) in [5, 5.41) is 26.2. The highest BCUT2D eigenvalue weighted by molar-refractivity contribution is 7.27. The van der Waals surface area contributed by atoms with E-state index in [0.29, 0.717) is 0 Å². The molecule has 21 aromatic carbocycles. The molecule has 0 unspecified atom stereocenters. The number of pyridine rings is 3. The minimum Gasteiger partial charge on any atom is -0.247 e. The number of benzene rings is 21. The van der Waals surface area contributed by atoms with Crippen LogP contribution < -0.4 is 0 Å². The summed E-state index contributed by atoms with van der Waals surface area (Å²) in [4.78, 5) is 16.1. The van der Waals surface area contributed by atoms with Gasteiger partial charge in [0.2, 0.25) is 0 Å². The maximum Gasteiger partial charge on any atom is 0.0794 e. The highest BCUT2D eigenvalue weighted by Crippen LogP contribution is 2.48. The standard InChI is InChI=1S/3C41H25NS/c1-2-10-26(11-3-1)27-20-21-32-35-22-23-38(42-40(35)34-16-5-4-14-31(34)37(32)25-27)29-13-8-12-28(24-29)30-17-9-18-36-33-15-6-7-19-39(33)43-41(30)36;1-2-10-26(11-3-1)27-20-21-32-31-14-4-5-16-34(31)40-35(37(32)25-27)22-23-38(42-40)29-13-8-12-28(24-29)30-17-9-18-36-33-15-6-7-19-39(33)43-41(30)36;1-2-10-26(11-3-1)27-20-21-33-31-14-4-5-15-32(31)35-22-23-38(42-40(35)37(33)25-27)29-13-8-12-28(24-29)30-17-9-18-36-34-16-6-7-19-39(34)43-41(30)36/h3*1-25H. The van der Waals surface area contributed by atoms with Gasteiger partial charge in [0.25, 0.3) is 0 Å². The summed E-state index contributed by atoms with van der Waals surface area (Å²) in [7, 11) is 0. The summed E-state index contributed by atoms with van der Waals surface area (Å²) >= 11 is 5.62. The van der Waals surface area contributed by atoms with Crippen LogP contribution in [0.4, 0.5) is 0 Å². The van der Waals surface area contributed by atoms with Gasteiger partial charge in [-0.3, -0.25) is 0 Å². The number of aromatic nitrogens is 3. The van der Waals surface area contributed by atoms with Gasteiger partial charge in [-0.1, -0.05) is 364 Å². The first-order valence-electron chi connectivity index (χ1n) is 43.9. The van der Waals surface area contributed by atoms with E-state index in [2.05, 4.69) is 455 Å². The topological polar surface area (TPSA) is 38.7 Å². The number of rotatable bonds is 9. The first-order chi connectivity index (χ1) is 63.9. The number of fused-ring (bicyclic) bond motifs is 27. The molecule has 0 spiro atoms. The van der Waals surface area contributed by atoms with Gasteiger partial charge in [-0.05, 0) is 206 Å². The number of nitrogens with zero attached hydrogens (tertiary/aromatic N) is 3. The zero-order valence-electron chi connectivity index (χ0n) is 69.9. The van der Waals surface area contributed by atoms with Crippen molar-refractivity contribution in [2.45, 2.75) is 0 Å². The Labute approximate surface area is 756 Å². The maximum absolute atomic E-state index is 5.39. The Morgan fingerprint density at radius 3 is 0.721 bits per heavy atom. The first-order valence-corrected chi connectivity index (χ1v) is 46.4. The Morgan fingerprint density at radius 1 is 0.124 bits per heavy atom. The maximum atomic E-state index is 5.39. The van der Waals surface area contributed by atoms with Crippen LogP contribution in [0.3, 0.4) is 0 Å². The molecule has 3 nitrogen and oxygen atoms in total. The van der Waals surface area contributed by atoms with E-state index < -0.39 is 0 Å². The van der Waals surface area contributed by atoms with E-state index in [1.54, 1.807) is 0 Å². The lowest BCUT2D eigenvalue weighted by atomic mass is 9.93. The molecule has 27 aromatic rings. The zero-order chi connectivity index (χ0) is 85.0. The van der Waals surface area contributed by atoms with E-state index in [0.717, 1.165) is 50.3 Å². The van der Waals surface area contributed by atoms with Crippen LogP contribution in [-0.4, -0.2) is 15.0 Å². The van der Waals surface area contributed by atoms with Gasteiger partial charge in [-0.15, -0.1) is 34.0 Å².